The van der Waals surface area contributed by atoms with E-state index < -0.39 is 5.97 Å². The van der Waals surface area contributed by atoms with E-state index in [1.165, 1.54) is 10.5 Å². The monoisotopic (exact) mass is 236 g/mol. The van der Waals surface area contributed by atoms with E-state index in [1.807, 2.05) is 26.1 Å². The van der Waals surface area contributed by atoms with Gasteiger partial charge in [0.1, 0.15) is 0 Å². The van der Waals surface area contributed by atoms with Gasteiger partial charge in [0.25, 0.3) is 0 Å². The molecule has 1 saturated heterocycles. The Balaban J connectivity index is 0.000000171. The lowest BCUT2D eigenvalue weighted by Gasteiger charge is -2.32. The zero-order valence-corrected chi connectivity index (χ0v) is 9.96. The van der Waals surface area contributed by atoms with Gasteiger partial charge in [0.05, 0.1) is 5.92 Å². The number of aliphatic carboxylic acids is 1. The third kappa shape index (κ3) is 4.22. The first-order chi connectivity index (χ1) is 8.02. The topological polar surface area (TPSA) is 70.5 Å². The Kier molecular flexibility index (Phi) is 4.63. The number of hydrogen-bond acceptors (Lipinski definition) is 3. The van der Waals surface area contributed by atoms with Crippen molar-refractivity contribution in [2.75, 3.05) is 13.1 Å². The second kappa shape index (κ2) is 5.98. The van der Waals surface area contributed by atoms with Crippen molar-refractivity contribution in [3.8, 4) is 0 Å². The molecule has 5 heteroatoms. The highest BCUT2D eigenvalue weighted by Crippen LogP contribution is 2.11. The molecule has 0 aromatic carbocycles. The summed E-state index contributed by atoms with van der Waals surface area (Å²) in [5.41, 5.74) is 2.30. The lowest BCUT2D eigenvalue weighted by Crippen LogP contribution is -2.49. The van der Waals surface area contributed by atoms with Crippen LogP contribution in [0.4, 0.5) is 0 Å². The molecular formula is C12H16N2O3. The van der Waals surface area contributed by atoms with Gasteiger partial charge in [0.15, 0.2) is 0 Å². The summed E-state index contributed by atoms with van der Waals surface area (Å²) in [6.07, 6.45) is 2.54. The summed E-state index contributed by atoms with van der Waals surface area (Å²) in [5.74, 6) is -1.14. The van der Waals surface area contributed by atoms with E-state index >= 15 is 0 Å². The summed E-state index contributed by atoms with van der Waals surface area (Å²) in [7, 11) is 0. The highest BCUT2D eigenvalue weighted by molar-refractivity contribution is 5.73. The van der Waals surface area contributed by atoms with Crippen LogP contribution in [0, 0.1) is 19.8 Å². The molecule has 0 unspecified atom stereocenters. The van der Waals surface area contributed by atoms with Crippen molar-refractivity contribution in [1.29, 1.82) is 0 Å². The molecule has 2 rings (SSSR count). The van der Waals surface area contributed by atoms with Crippen molar-refractivity contribution in [3.05, 3.63) is 29.6 Å². The van der Waals surface area contributed by atoms with Crippen LogP contribution in [-0.4, -0.2) is 40.5 Å². The van der Waals surface area contributed by atoms with E-state index in [4.69, 9.17) is 5.11 Å². The molecule has 1 fully saturated rings. The highest BCUT2D eigenvalue weighted by atomic mass is 16.4. The lowest BCUT2D eigenvalue weighted by molar-refractivity contribution is -0.149. The number of aryl methyl sites for hydroxylation is 2. The quantitative estimate of drug-likeness (QED) is 0.773. The Labute approximate surface area is 100 Å². The number of carboxylic acid groups (broad SMARTS) is 1. The SMILES string of the molecule is Cc1ccc(C)nc1.O=CN1CC(C(=O)O)C1. The normalized spacial score (nSPS) is 14.4. The second-order valence-corrected chi connectivity index (χ2v) is 4.07. The number of aromatic nitrogens is 1. The van der Waals surface area contributed by atoms with Crippen LogP contribution in [0.5, 0.6) is 0 Å². The van der Waals surface area contributed by atoms with Crippen LogP contribution in [0.2, 0.25) is 0 Å². The summed E-state index contributed by atoms with van der Waals surface area (Å²) >= 11 is 0. The van der Waals surface area contributed by atoms with Crippen LogP contribution in [0.1, 0.15) is 11.3 Å². The number of pyridine rings is 1. The molecule has 1 amide bonds. The second-order valence-electron chi connectivity index (χ2n) is 4.07. The molecule has 1 N–H and O–H groups in total. The fourth-order valence-electron chi connectivity index (χ4n) is 1.30. The van der Waals surface area contributed by atoms with Crippen molar-refractivity contribution in [2.45, 2.75) is 13.8 Å². The first-order valence-electron chi connectivity index (χ1n) is 5.34. The van der Waals surface area contributed by atoms with Gasteiger partial charge in [-0.25, -0.2) is 0 Å². The van der Waals surface area contributed by atoms with Gasteiger partial charge in [-0.15, -0.1) is 0 Å². The van der Waals surface area contributed by atoms with Crippen LogP contribution < -0.4 is 0 Å². The molecule has 0 atom stereocenters. The maximum Gasteiger partial charge on any atom is 0.310 e. The summed E-state index contributed by atoms with van der Waals surface area (Å²) in [5, 5.41) is 8.30. The minimum Gasteiger partial charge on any atom is -0.481 e. The van der Waals surface area contributed by atoms with Gasteiger partial charge in [-0.3, -0.25) is 14.6 Å². The molecule has 1 aliphatic heterocycles. The summed E-state index contributed by atoms with van der Waals surface area (Å²) in [4.78, 5) is 25.5. The summed E-state index contributed by atoms with van der Waals surface area (Å²) in [6, 6.07) is 4.07. The number of likely N-dealkylation sites (tertiary alicyclic amines) is 1. The van der Waals surface area contributed by atoms with Crippen LogP contribution in [0.3, 0.4) is 0 Å². The number of hydrogen-bond donors (Lipinski definition) is 1. The Morgan fingerprint density at radius 2 is 2.12 bits per heavy atom. The average Bonchev–Trinajstić information content (AvgIpc) is 2.21. The summed E-state index contributed by atoms with van der Waals surface area (Å²) < 4.78 is 0. The highest BCUT2D eigenvalue weighted by Gasteiger charge is 2.31. The average molecular weight is 236 g/mol. The van der Waals surface area contributed by atoms with E-state index in [0.29, 0.717) is 19.5 Å². The molecule has 5 nitrogen and oxygen atoms in total. The number of carbonyl (C=O) groups excluding carboxylic acids is 1. The number of carbonyl (C=O) groups is 2. The first-order valence-corrected chi connectivity index (χ1v) is 5.34. The molecule has 0 saturated carbocycles. The van der Waals surface area contributed by atoms with Gasteiger partial charge in [0, 0.05) is 25.0 Å². The van der Waals surface area contributed by atoms with Crippen LogP contribution in [0.15, 0.2) is 18.3 Å². The van der Waals surface area contributed by atoms with Crippen molar-refractivity contribution in [2.24, 2.45) is 5.92 Å². The third-order valence-electron chi connectivity index (χ3n) is 2.47. The van der Waals surface area contributed by atoms with Crippen molar-refractivity contribution >= 4 is 12.4 Å². The molecule has 0 bridgehead atoms. The van der Waals surface area contributed by atoms with Crippen molar-refractivity contribution in [1.82, 2.24) is 9.88 Å². The number of amides is 1. The maximum atomic E-state index is 10.1. The van der Waals surface area contributed by atoms with Gasteiger partial charge in [-0.1, -0.05) is 6.07 Å². The molecule has 92 valence electrons. The van der Waals surface area contributed by atoms with Gasteiger partial charge in [-0.2, -0.15) is 0 Å². The summed E-state index contributed by atoms with van der Waals surface area (Å²) in [6.45, 7) is 4.77. The zero-order valence-electron chi connectivity index (χ0n) is 9.96. The van der Waals surface area contributed by atoms with Crippen LogP contribution in [0.25, 0.3) is 0 Å². The smallest absolute Gasteiger partial charge is 0.310 e. The van der Waals surface area contributed by atoms with E-state index in [9.17, 15) is 9.59 Å². The standard InChI is InChI=1S/C7H9N.C5H7NO3/c1-6-3-4-7(2)8-5-6;7-3-6-1-4(2-6)5(8)9/h3-5H,1-2H3;3-4H,1-2H2,(H,8,9). The minimum absolute atomic E-state index is 0.324. The Hall–Kier alpha value is -1.91. The van der Waals surface area contributed by atoms with Crippen LogP contribution in [-0.2, 0) is 9.59 Å². The predicted molar refractivity (Wildman–Crippen MR) is 62.5 cm³/mol. The third-order valence-corrected chi connectivity index (χ3v) is 2.47. The zero-order chi connectivity index (χ0) is 12.8. The largest absolute Gasteiger partial charge is 0.481 e. The molecule has 0 aliphatic carbocycles. The lowest BCUT2D eigenvalue weighted by atomic mass is 10.0. The molecule has 0 spiro atoms. The molecule has 17 heavy (non-hydrogen) atoms. The fraction of sp³-hybridized carbons (Fsp3) is 0.417. The minimum atomic E-state index is -0.812. The number of carboxylic acids is 1. The van der Waals surface area contributed by atoms with E-state index in [0.717, 1.165) is 5.69 Å². The Bertz CT molecular complexity index is 362. The van der Waals surface area contributed by atoms with Gasteiger partial charge in [0.2, 0.25) is 6.41 Å². The number of nitrogens with zero attached hydrogens (tertiary/aromatic N) is 2. The van der Waals surface area contributed by atoms with Gasteiger partial charge >= 0.3 is 5.97 Å². The first kappa shape index (κ1) is 13.2. The molecule has 0 radical (unpaired) electrons. The Morgan fingerprint density at radius 3 is 2.47 bits per heavy atom. The number of rotatable bonds is 2. The fourth-order valence-corrected chi connectivity index (χ4v) is 1.30. The molecule has 1 aromatic heterocycles. The van der Waals surface area contributed by atoms with Crippen molar-refractivity contribution in [3.63, 3.8) is 0 Å². The van der Waals surface area contributed by atoms with Crippen LogP contribution >= 0.6 is 0 Å². The van der Waals surface area contributed by atoms with E-state index in [2.05, 4.69) is 11.1 Å². The molecular weight excluding hydrogens is 220 g/mol. The van der Waals surface area contributed by atoms with Gasteiger partial charge in [-0.05, 0) is 25.5 Å². The molecule has 1 aliphatic rings. The predicted octanol–water partition coefficient (Wildman–Crippen LogP) is 0.858. The molecule has 2 heterocycles. The van der Waals surface area contributed by atoms with E-state index in [-0.39, 0.29) is 5.92 Å². The van der Waals surface area contributed by atoms with E-state index in [1.54, 1.807) is 0 Å². The molecule has 1 aromatic rings. The Morgan fingerprint density at radius 1 is 1.47 bits per heavy atom. The van der Waals surface area contributed by atoms with Crippen molar-refractivity contribution < 1.29 is 14.7 Å². The van der Waals surface area contributed by atoms with Gasteiger partial charge < -0.3 is 10.0 Å². The maximum absolute atomic E-state index is 10.1.